The number of benzene rings is 2. The van der Waals surface area contributed by atoms with Gasteiger partial charge in [-0.2, -0.15) is 5.26 Å². The van der Waals surface area contributed by atoms with Crippen LogP contribution in [0.4, 0.5) is 20.3 Å². The average Bonchev–Trinajstić information content (AvgIpc) is 3.36. The van der Waals surface area contributed by atoms with Crippen LogP contribution in [0, 0.1) is 11.3 Å². The van der Waals surface area contributed by atoms with Gasteiger partial charge >= 0.3 is 0 Å². The number of nitrogens with two attached hydrogens (primary N) is 1. The Labute approximate surface area is 256 Å². The fourth-order valence-electron chi connectivity index (χ4n) is 5.49. The Bertz CT molecular complexity index is 1750. The van der Waals surface area contributed by atoms with Gasteiger partial charge in [-0.1, -0.05) is 35.9 Å². The zero-order chi connectivity index (χ0) is 31.8. The molecule has 0 bridgehead atoms. The smallest absolute Gasteiger partial charge is 0.252 e. The van der Waals surface area contributed by atoms with Gasteiger partial charge in [0.1, 0.15) is 24.1 Å². The lowest BCUT2D eigenvalue weighted by atomic mass is 9.87. The van der Waals surface area contributed by atoms with Crippen LogP contribution in [0.5, 0.6) is 0 Å². The van der Waals surface area contributed by atoms with Crippen molar-refractivity contribution in [2.24, 2.45) is 5.14 Å². The Morgan fingerprint density at radius 3 is 2.55 bits per heavy atom. The number of nitrogens with one attached hydrogen (secondary N) is 1. The molecule has 3 unspecified atom stereocenters. The molecule has 11 nitrogen and oxygen atoms in total. The second-order valence-corrected chi connectivity index (χ2v) is 12.6. The monoisotopic (exact) mass is 644 g/mol. The van der Waals surface area contributed by atoms with Crippen LogP contribution in [0.1, 0.15) is 42.9 Å². The minimum Gasteiger partial charge on any atom is -0.374 e. The summed E-state index contributed by atoms with van der Waals surface area (Å²) < 4.78 is 51.9. The summed E-state index contributed by atoms with van der Waals surface area (Å²) in [6.07, 6.45) is -0.802. The summed E-state index contributed by atoms with van der Waals surface area (Å²) in [6, 6.07) is 12.5. The van der Waals surface area contributed by atoms with Gasteiger partial charge < -0.3 is 15.3 Å². The van der Waals surface area contributed by atoms with E-state index in [9.17, 15) is 37.2 Å². The van der Waals surface area contributed by atoms with E-state index in [1.807, 2.05) is 6.07 Å². The number of aromatic nitrogens is 1. The van der Waals surface area contributed by atoms with Gasteiger partial charge in [0, 0.05) is 41.4 Å². The Balaban J connectivity index is 1.65. The van der Waals surface area contributed by atoms with Gasteiger partial charge in [-0.15, -0.1) is 0 Å². The molecule has 15 heteroatoms. The van der Waals surface area contributed by atoms with Crippen LogP contribution in [-0.4, -0.2) is 54.6 Å². The van der Waals surface area contributed by atoms with Crippen LogP contribution in [0.15, 0.2) is 71.8 Å². The molecule has 2 amide bonds. The first-order chi connectivity index (χ1) is 20.8. The van der Waals surface area contributed by atoms with E-state index in [1.54, 1.807) is 12.1 Å². The highest BCUT2D eigenvalue weighted by Gasteiger charge is 2.48. The van der Waals surface area contributed by atoms with Gasteiger partial charge in [0.05, 0.1) is 16.5 Å². The fourth-order valence-corrected chi connectivity index (χ4v) is 6.28. The summed E-state index contributed by atoms with van der Waals surface area (Å²) >= 11 is 6.53. The fraction of sp³-hybridized carbons (Fsp3) is 0.310. The normalized spacial score (nSPS) is 20.3. The maximum absolute atomic E-state index is 14.7. The summed E-state index contributed by atoms with van der Waals surface area (Å²) in [7, 11) is -4.26. The molecule has 2 heterocycles. The standard InChI is InChI=1S/C29H27ClF2N6O5S/c30-22-7-2-1-6-21(22)26(27(40)36-18-14-29(31,32)15-18)37(19-4-3-5-20(13-19)44(34,42)43)28(41)23-8-9-25(39)38(23)24-12-17(16-33)10-11-35-24/h1-7,10-13,18,23,25-26,39H,8-9,14-15H2,(H,36,40)(H2,34,42,43). The lowest BCUT2D eigenvalue weighted by Crippen LogP contribution is -2.56. The van der Waals surface area contributed by atoms with Gasteiger partial charge in [0.2, 0.25) is 15.9 Å². The maximum Gasteiger partial charge on any atom is 0.252 e. The number of aliphatic hydroxyl groups excluding tert-OH is 1. The van der Waals surface area contributed by atoms with Crippen molar-refractivity contribution in [3.63, 3.8) is 0 Å². The van der Waals surface area contributed by atoms with Crippen LogP contribution >= 0.6 is 11.6 Å². The van der Waals surface area contributed by atoms with Gasteiger partial charge in [0.15, 0.2) is 0 Å². The summed E-state index contributed by atoms with van der Waals surface area (Å²) in [5, 5.41) is 28.3. The zero-order valence-electron chi connectivity index (χ0n) is 23.0. The van der Waals surface area contributed by atoms with Crippen LogP contribution in [0.2, 0.25) is 5.02 Å². The van der Waals surface area contributed by atoms with E-state index in [1.165, 1.54) is 53.6 Å². The minimum atomic E-state index is -4.26. The molecule has 1 aromatic heterocycles. The quantitative estimate of drug-likeness (QED) is 0.336. The molecule has 1 saturated carbocycles. The van der Waals surface area contributed by atoms with Gasteiger partial charge in [-0.05, 0) is 49.2 Å². The van der Waals surface area contributed by atoms with E-state index < -0.39 is 65.0 Å². The van der Waals surface area contributed by atoms with Crippen molar-refractivity contribution in [1.82, 2.24) is 10.3 Å². The molecule has 230 valence electrons. The molecule has 4 N–H and O–H groups in total. The number of anilines is 2. The van der Waals surface area contributed by atoms with Gasteiger partial charge in [0.25, 0.3) is 11.8 Å². The molecule has 2 aliphatic rings. The molecule has 0 radical (unpaired) electrons. The van der Waals surface area contributed by atoms with Gasteiger partial charge in [-0.25, -0.2) is 27.3 Å². The Hall–Kier alpha value is -4.16. The Morgan fingerprint density at radius 2 is 1.89 bits per heavy atom. The number of primary sulfonamides is 1. The lowest BCUT2D eigenvalue weighted by Gasteiger charge is -2.39. The van der Waals surface area contributed by atoms with Crippen molar-refractivity contribution in [3.8, 4) is 6.07 Å². The highest BCUT2D eigenvalue weighted by Crippen LogP contribution is 2.40. The molecule has 3 aromatic rings. The average molecular weight is 645 g/mol. The van der Waals surface area contributed by atoms with E-state index in [0.29, 0.717) is 0 Å². The molecule has 1 aliphatic heterocycles. The molecular formula is C29H27ClF2N6O5S. The number of hydrogen-bond acceptors (Lipinski definition) is 8. The summed E-state index contributed by atoms with van der Waals surface area (Å²) in [5.74, 6) is -4.40. The number of nitriles is 1. The molecule has 1 aliphatic carbocycles. The zero-order valence-corrected chi connectivity index (χ0v) is 24.5. The number of rotatable bonds is 8. The summed E-state index contributed by atoms with van der Waals surface area (Å²) in [4.78, 5) is 34.8. The predicted octanol–water partition coefficient (Wildman–Crippen LogP) is 3.23. The van der Waals surface area contributed by atoms with E-state index >= 15 is 0 Å². The molecule has 5 rings (SSSR count). The molecule has 44 heavy (non-hydrogen) atoms. The first kappa shape index (κ1) is 31.3. The van der Waals surface area contributed by atoms with Crippen LogP contribution in [-0.2, 0) is 19.6 Å². The van der Waals surface area contributed by atoms with E-state index in [-0.39, 0.29) is 45.4 Å². The van der Waals surface area contributed by atoms with Crippen LogP contribution in [0.3, 0.4) is 0 Å². The van der Waals surface area contributed by atoms with Crippen molar-refractivity contribution in [1.29, 1.82) is 5.26 Å². The first-order valence-electron chi connectivity index (χ1n) is 13.5. The number of pyridine rings is 1. The van der Waals surface area contributed by atoms with Gasteiger partial charge in [-0.3, -0.25) is 14.5 Å². The lowest BCUT2D eigenvalue weighted by molar-refractivity contribution is -0.133. The number of carbonyl (C=O) groups is 2. The van der Waals surface area contributed by atoms with Crippen LogP contribution in [0.25, 0.3) is 0 Å². The minimum absolute atomic E-state index is 0.0550. The molecular weight excluding hydrogens is 618 g/mol. The third-order valence-electron chi connectivity index (χ3n) is 7.58. The second-order valence-electron chi connectivity index (χ2n) is 10.6. The topological polar surface area (TPSA) is 170 Å². The van der Waals surface area contributed by atoms with Crippen molar-refractivity contribution in [3.05, 3.63) is 83.0 Å². The molecule has 0 spiro atoms. The number of aliphatic hydroxyl groups is 1. The predicted molar refractivity (Wildman–Crippen MR) is 156 cm³/mol. The van der Waals surface area contributed by atoms with Crippen molar-refractivity contribution < 1.29 is 31.9 Å². The third kappa shape index (κ3) is 6.36. The SMILES string of the molecule is N#Cc1ccnc(N2C(O)CCC2C(=O)N(c2cccc(S(N)(=O)=O)c2)C(C(=O)NC2CC(F)(F)C2)c2ccccc2Cl)c1. The largest absolute Gasteiger partial charge is 0.374 e. The van der Waals surface area contributed by atoms with E-state index in [0.717, 1.165) is 11.0 Å². The number of amides is 2. The number of alkyl halides is 2. The third-order valence-corrected chi connectivity index (χ3v) is 8.84. The van der Waals surface area contributed by atoms with E-state index in [4.69, 9.17) is 16.7 Å². The molecule has 1 saturated heterocycles. The number of carbonyl (C=O) groups excluding carboxylic acids is 2. The highest BCUT2D eigenvalue weighted by molar-refractivity contribution is 7.89. The Morgan fingerprint density at radius 1 is 1.16 bits per heavy atom. The maximum atomic E-state index is 14.7. The molecule has 3 atom stereocenters. The highest BCUT2D eigenvalue weighted by atomic mass is 35.5. The van der Waals surface area contributed by atoms with Crippen molar-refractivity contribution in [2.45, 2.75) is 60.9 Å². The number of nitrogens with zero attached hydrogens (tertiary/aromatic N) is 4. The van der Waals surface area contributed by atoms with Crippen molar-refractivity contribution in [2.75, 3.05) is 9.80 Å². The molecule has 2 fully saturated rings. The Kier molecular flexibility index (Phi) is 8.59. The molecule has 2 aromatic carbocycles. The number of sulfonamides is 1. The van der Waals surface area contributed by atoms with Crippen molar-refractivity contribution >= 4 is 44.9 Å². The first-order valence-corrected chi connectivity index (χ1v) is 15.4. The number of hydrogen-bond donors (Lipinski definition) is 3. The summed E-state index contributed by atoms with van der Waals surface area (Å²) in [6.45, 7) is 0. The number of halogens is 3. The van der Waals surface area contributed by atoms with Crippen LogP contribution < -0.4 is 20.3 Å². The second kappa shape index (κ2) is 12.1. The summed E-state index contributed by atoms with van der Waals surface area (Å²) in [5.41, 5.74) is 0.311. The van der Waals surface area contributed by atoms with E-state index in [2.05, 4.69) is 10.3 Å².